The summed E-state index contributed by atoms with van der Waals surface area (Å²) in [4.78, 5) is 0. The topological polar surface area (TPSA) is 117 Å². The molecular weight excluding hydrogens is 172 g/mol. The number of hydrogen-bond acceptors (Lipinski definition) is 5. The van der Waals surface area contributed by atoms with Gasteiger partial charge in [0.15, 0.2) is 6.10 Å². The Morgan fingerprint density at radius 1 is 1.46 bits per heavy atom. The standard InChI is InChI=1S/C7H6N4O2/c8-1-5-4(3-10-11-5)7(13)6(12)2-9/h3,6-7,12-13H,(H,10,11). The molecule has 1 rings (SSSR count). The highest BCUT2D eigenvalue weighted by atomic mass is 16.3. The number of rotatable bonds is 2. The molecule has 13 heavy (non-hydrogen) atoms. The van der Waals surface area contributed by atoms with Gasteiger partial charge in [0.25, 0.3) is 0 Å². The molecule has 2 unspecified atom stereocenters. The van der Waals surface area contributed by atoms with Gasteiger partial charge in [-0.25, -0.2) is 0 Å². The molecule has 66 valence electrons. The fraction of sp³-hybridized carbons (Fsp3) is 0.286. The second-order valence-electron chi connectivity index (χ2n) is 2.33. The summed E-state index contributed by atoms with van der Waals surface area (Å²) >= 11 is 0. The second-order valence-corrected chi connectivity index (χ2v) is 2.33. The number of hydrogen-bond donors (Lipinski definition) is 3. The van der Waals surface area contributed by atoms with Gasteiger partial charge in [-0.05, 0) is 0 Å². The van der Waals surface area contributed by atoms with E-state index >= 15 is 0 Å². The molecule has 1 aromatic rings. The molecule has 6 heteroatoms. The van der Waals surface area contributed by atoms with Crippen LogP contribution in [0.3, 0.4) is 0 Å². The van der Waals surface area contributed by atoms with Crippen molar-refractivity contribution in [1.29, 1.82) is 10.5 Å². The van der Waals surface area contributed by atoms with E-state index in [-0.39, 0.29) is 11.3 Å². The van der Waals surface area contributed by atoms with Gasteiger partial charge in [0.05, 0.1) is 12.3 Å². The maximum Gasteiger partial charge on any atom is 0.170 e. The predicted octanol–water partition coefficient (Wildman–Crippen LogP) is -0.801. The first-order chi connectivity index (χ1) is 6.20. The minimum absolute atomic E-state index is 0.0433. The van der Waals surface area contributed by atoms with Gasteiger partial charge in [-0.15, -0.1) is 0 Å². The van der Waals surface area contributed by atoms with E-state index in [0.717, 1.165) is 0 Å². The van der Waals surface area contributed by atoms with Crippen molar-refractivity contribution >= 4 is 0 Å². The van der Waals surface area contributed by atoms with Gasteiger partial charge >= 0.3 is 0 Å². The van der Waals surface area contributed by atoms with E-state index in [0.29, 0.717) is 0 Å². The van der Waals surface area contributed by atoms with Crippen LogP contribution in [-0.4, -0.2) is 26.5 Å². The monoisotopic (exact) mass is 178 g/mol. The number of nitrogens with one attached hydrogen (secondary N) is 1. The first kappa shape index (κ1) is 9.20. The molecule has 0 aliphatic carbocycles. The van der Waals surface area contributed by atoms with E-state index < -0.39 is 12.2 Å². The Morgan fingerprint density at radius 2 is 2.15 bits per heavy atom. The number of aromatic amines is 1. The van der Waals surface area contributed by atoms with Crippen LogP contribution in [0, 0.1) is 22.7 Å². The van der Waals surface area contributed by atoms with Crippen molar-refractivity contribution in [3.63, 3.8) is 0 Å². The van der Waals surface area contributed by atoms with E-state index in [1.54, 1.807) is 6.07 Å². The Kier molecular flexibility index (Phi) is 2.60. The van der Waals surface area contributed by atoms with Gasteiger partial charge < -0.3 is 10.2 Å². The smallest absolute Gasteiger partial charge is 0.170 e. The highest BCUT2D eigenvalue weighted by molar-refractivity contribution is 5.31. The van der Waals surface area contributed by atoms with Crippen LogP contribution >= 0.6 is 0 Å². The summed E-state index contributed by atoms with van der Waals surface area (Å²) in [6.07, 6.45) is -1.76. The zero-order chi connectivity index (χ0) is 9.84. The number of nitrogens with zero attached hydrogens (tertiary/aromatic N) is 3. The van der Waals surface area contributed by atoms with Gasteiger partial charge in [-0.3, -0.25) is 5.10 Å². The van der Waals surface area contributed by atoms with Crippen molar-refractivity contribution in [3.05, 3.63) is 17.5 Å². The fourth-order valence-electron chi connectivity index (χ4n) is 0.850. The van der Waals surface area contributed by atoms with E-state index in [9.17, 15) is 5.11 Å². The molecule has 0 fully saturated rings. The van der Waals surface area contributed by atoms with E-state index in [1.807, 2.05) is 0 Å². The third-order valence-electron chi connectivity index (χ3n) is 1.53. The number of H-pyrrole nitrogens is 1. The van der Waals surface area contributed by atoms with E-state index in [4.69, 9.17) is 15.6 Å². The van der Waals surface area contributed by atoms with Gasteiger partial charge in [-0.2, -0.15) is 15.6 Å². The van der Waals surface area contributed by atoms with E-state index in [1.165, 1.54) is 12.3 Å². The van der Waals surface area contributed by atoms with Crippen LogP contribution in [0.1, 0.15) is 17.4 Å². The molecule has 0 saturated heterocycles. The van der Waals surface area contributed by atoms with Crippen LogP contribution in [-0.2, 0) is 0 Å². The van der Waals surface area contributed by atoms with Gasteiger partial charge in [0.1, 0.15) is 17.9 Å². The zero-order valence-corrected chi connectivity index (χ0v) is 6.47. The molecule has 0 aromatic carbocycles. The molecule has 0 saturated carbocycles. The Bertz CT molecular complexity index is 373. The molecule has 0 spiro atoms. The molecule has 6 nitrogen and oxygen atoms in total. The lowest BCUT2D eigenvalue weighted by Gasteiger charge is -2.08. The van der Waals surface area contributed by atoms with Crippen LogP contribution in [0.25, 0.3) is 0 Å². The summed E-state index contributed by atoms with van der Waals surface area (Å²) in [5.41, 5.74) is 0.165. The first-order valence-electron chi connectivity index (χ1n) is 3.39. The minimum atomic E-state index is -1.55. The van der Waals surface area contributed by atoms with Crippen LogP contribution in [0.5, 0.6) is 0 Å². The number of aliphatic hydroxyl groups is 2. The van der Waals surface area contributed by atoms with E-state index in [2.05, 4.69) is 10.2 Å². The van der Waals surface area contributed by atoms with Crippen molar-refractivity contribution in [2.75, 3.05) is 0 Å². The Labute approximate surface area is 73.7 Å². The number of aliphatic hydroxyl groups excluding tert-OH is 2. The number of nitriles is 2. The molecule has 0 aliphatic rings. The van der Waals surface area contributed by atoms with Gasteiger partial charge in [0.2, 0.25) is 0 Å². The van der Waals surface area contributed by atoms with Crippen LogP contribution in [0.2, 0.25) is 0 Å². The van der Waals surface area contributed by atoms with Crippen LogP contribution in [0.4, 0.5) is 0 Å². The fourth-order valence-corrected chi connectivity index (χ4v) is 0.850. The van der Waals surface area contributed by atoms with Crippen molar-refractivity contribution in [1.82, 2.24) is 10.2 Å². The lowest BCUT2D eigenvalue weighted by Crippen LogP contribution is -2.16. The van der Waals surface area contributed by atoms with Gasteiger partial charge in [0, 0.05) is 5.56 Å². The summed E-state index contributed by atoms with van der Waals surface area (Å²) in [5.74, 6) is 0. The summed E-state index contributed by atoms with van der Waals surface area (Å²) in [6.45, 7) is 0. The molecule has 1 heterocycles. The lowest BCUT2D eigenvalue weighted by molar-refractivity contribution is 0.0526. The average Bonchev–Trinajstić information content (AvgIpc) is 2.62. The van der Waals surface area contributed by atoms with Crippen LogP contribution in [0.15, 0.2) is 6.20 Å². The van der Waals surface area contributed by atoms with Crippen LogP contribution < -0.4 is 0 Å². The summed E-state index contributed by atoms with van der Waals surface area (Å²) in [6, 6.07) is 3.20. The molecule has 1 aromatic heterocycles. The van der Waals surface area contributed by atoms with Crippen molar-refractivity contribution in [3.8, 4) is 12.1 Å². The lowest BCUT2D eigenvalue weighted by atomic mass is 10.1. The Balaban J connectivity index is 2.97. The quantitative estimate of drug-likeness (QED) is 0.512. The third-order valence-corrected chi connectivity index (χ3v) is 1.53. The zero-order valence-electron chi connectivity index (χ0n) is 6.47. The predicted molar refractivity (Wildman–Crippen MR) is 39.9 cm³/mol. The summed E-state index contributed by atoms with van der Waals surface area (Å²) in [7, 11) is 0. The highest BCUT2D eigenvalue weighted by Crippen LogP contribution is 2.18. The molecule has 0 aliphatic heterocycles. The van der Waals surface area contributed by atoms with Crippen molar-refractivity contribution in [2.45, 2.75) is 12.2 Å². The summed E-state index contributed by atoms with van der Waals surface area (Å²) in [5, 5.41) is 40.9. The third kappa shape index (κ3) is 1.64. The minimum Gasteiger partial charge on any atom is -0.384 e. The van der Waals surface area contributed by atoms with Crippen molar-refractivity contribution in [2.24, 2.45) is 0 Å². The normalized spacial score (nSPS) is 14.2. The second kappa shape index (κ2) is 3.68. The highest BCUT2D eigenvalue weighted by Gasteiger charge is 2.21. The van der Waals surface area contributed by atoms with Crippen molar-refractivity contribution < 1.29 is 10.2 Å². The maximum atomic E-state index is 9.31. The molecular formula is C7H6N4O2. The summed E-state index contributed by atoms with van der Waals surface area (Å²) < 4.78 is 0. The number of aromatic nitrogens is 2. The molecule has 2 atom stereocenters. The Morgan fingerprint density at radius 3 is 2.69 bits per heavy atom. The molecule has 0 amide bonds. The SMILES string of the molecule is N#Cc1[nH]ncc1C(O)C(O)C#N. The molecule has 0 bridgehead atoms. The molecule has 3 N–H and O–H groups in total. The largest absolute Gasteiger partial charge is 0.384 e. The first-order valence-corrected chi connectivity index (χ1v) is 3.39. The molecule has 0 radical (unpaired) electrons. The van der Waals surface area contributed by atoms with Gasteiger partial charge in [-0.1, -0.05) is 0 Å². The Hall–Kier alpha value is -1.89. The maximum absolute atomic E-state index is 9.31. The average molecular weight is 178 g/mol.